The first-order chi connectivity index (χ1) is 13.2. The quantitative estimate of drug-likeness (QED) is 0.431. The fraction of sp³-hybridized carbons (Fsp3) is 0.0952. The molecule has 0 saturated carbocycles. The molecule has 0 saturated heterocycles. The summed E-state index contributed by atoms with van der Waals surface area (Å²) in [5.41, 5.74) is 3.87. The molecule has 4 rings (SSSR count). The third-order valence-electron chi connectivity index (χ3n) is 4.14. The van der Waals surface area contributed by atoms with Crippen LogP contribution >= 0.6 is 22.9 Å². The summed E-state index contributed by atoms with van der Waals surface area (Å²) in [5.74, 6) is 2.29. The molecule has 2 heterocycles. The molecule has 0 aliphatic carbocycles. The Kier molecular flexibility index (Phi) is 5.14. The highest BCUT2D eigenvalue weighted by Gasteiger charge is 2.12. The Balaban J connectivity index is 1.53. The van der Waals surface area contributed by atoms with Gasteiger partial charge in [0.15, 0.2) is 0 Å². The molecule has 0 bridgehead atoms. The van der Waals surface area contributed by atoms with Gasteiger partial charge in [-0.25, -0.2) is 4.98 Å². The van der Waals surface area contributed by atoms with Gasteiger partial charge >= 0.3 is 0 Å². The first-order valence-electron chi connectivity index (χ1n) is 8.36. The molecule has 2 aromatic carbocycles. The summed E-state index contributed by atoms with van der Waals surface area (Å²) in [4.78, 5) is 7.90. The minimum absolute atomic E-state index is 0.463. The molecule has 27 heavy (non-hydrogen) atoms. The van der Waals surface area contributed by atoms with Gasteiger partial charge in [-0.3, -0.25) is 0 Å². The lowest BCUT2D eigenvalue weighted by molar-refractivity contribution is 0.304. The number of thiophene rings is 1. The fourth-order valence-electron chi connectivity index (χ4n) is 2.73. The zero-order valence-electron chi connectivity index (χ0n) is 14.6. The molecule has 1 N–H and O–H groups in total. The van der Waals surface area contributed by atoms with E-state index >= 15 is 0 Å². The first-order valence-corrected chi connectivity index (χ1v) is 9.68. The third-order valence-corrected chi connectivity index (χ3v) is 5.08. The number of benzene rings is 2. The topological polar surface area (TPSA) is 47.1 Å². The monoisotopic (exact) mass is 396 g/mol. The average molecular weight is 397 g/mol. The number of halogens is 1. The maximum Gasteiger partial charge on any atom is 0.138 e. The second kappa shape index (κ2) is 7.86. The normalized spacial score (nSPS) is 10.7. The van der Waals surface area contributed by atoms with Crippen molar-refractivity contribution in [3.63, 3.8) is 0 Å². The van der Waals surface area contributed by atoms with Crippen molar-refractivity contribution >= 4 is 22.9 Å². The van der Waals surface area contributed by atoms with Crippen LogP contribution in [-0.4, -0.2) is 17.1 Å². The van der Waals surface area contributed by atoms with E-state index in [1.165, 1.54) is 0 Å². The Bertz CT molecular complexity index is 1030. The van der Waals surface area contributed by atoms with Crippen LogP contribution in [0.15, 0.2) is 65.5 Å². The summed E-state index contributed by atoms with van der Waals surface area (Å²) in [5, 5.41) is 4.81. The molecule has 0 radical (unpaired) electrons. The number of hydrogen-bond acceptors (Lipinski definition) is 4. The SMILES string of the molecule is COc1cc(OCc2ccc(Cl)cc2)ccc1-c1c[nH]c(-c2ccsc2)n1. The molecule has 0 amide bonds. The Morgan fingerprint density at radius 3 is 2.70 bits per heavy atom. The molecule has 0 fully saturated rings. The van der Waals surface area contributed by atoms with Crippen LogP contribution in [-0.2, 0) is 6.61 Å². The number of nitrogens with one attached hydrogen (secondary N) is 1. The predicted octanol–water partition coefficient (Wildman–Crippen LogP) is 6.05. The second-order valence-electron chi connectivity index (χ2n) is 5.92. The molecule has 0 spiro atoms. The van der Waals surface area contributed by atoms with Gasteiger partial charge in [-0.2, -0.15) is 11.3 Å². The van der Waals surface area contributed by atoms with Crippen LogP contribution in [0.5, 0.6) is 11.5 Å². The van der Waals surface area contributed by atoms with E-state index in [2.05, 4.69) is 15.3 Å². The average Bonchev–Trinajstić information content (AvgIpc) is 3.39. The zero-order chi connectivity index (χ0) is 18.6. The van der Waals surface area contributed by atoms with Crippen molar-refractivity contribution in [3.8, 4) is 34.1 Å². The lowest BCUT2D eigenvalue weighted by atomic mass is 10.1. The van der Waals surface area contributed by atoms with Crippen LogP contribution in [0.2, 0.25) is 5.02 Å². The standard InChI is InChI=1S/C21H17ClN2O2S/c1-25-20-10-17(26-12-14-2-4-16(22)5-3-14)6-7-18(20)19-11-23-21(24-19)15-8-9-27-13-15/h2-11,13H,12H2,1H3,(H,23,24). The van der Waals surface area contributed by atoms with E-state index in [9.17, 15) is 0 Å². The summed E-state index contributed by atoms with van der Waals surface area (Å²) >= 11 is 7.56. The molecule has 4 nitrogen and oxygen atoms in total. The Labute approximate surface area is 166 Å². The highest BCUT2D eigenvalue weighted by atomic mass is 35.5. The molecular weight excluding hydrogens is 380 g/mol. The van der Waals surface area contributed by atoms with Gasteiger partial charge in [-0.1, -0.05) is 23.7 Å². The number of aromatic nitrogens is 2. The summed E-state index contributed by atoms with van der Waals surface area (Å²) in [6.45, 7) is 0.463. The van der Waals surface area contributed by atoms with E-state index in [0.717, 1.165) is 34.0 Å². The van der Waals surface area contributed by atoms with Gasteiger partial charge in [0, 0.05) is 33.8 Å². The van der Waals surface area contributed by atoms with Crippen LogP contribution in [0.25, 0.3) is 22.6 Å². The van der Waals surface area contributed by atoms with Gasteiger partial charge in [-0.05, 0) is 41.3 Å². The van der Waals surface area contributed by atoms with Crippen molar-refractivity contribution in [2.75, 3.05) is 7.11 Å². The van der Waals surface area contributed by atoms with Crippen molar-refractivity contribution < 1.29 is 9.47 Å². The number of H-pyrrole nitrogens is 1. The van der Waals surface area contributed by atoms with E-state index in [1.807, 2.05) is 60.1 Å². The maximum absolute atomic E-state index is 5.91. The van der Waals surface area contributed by atoms with Crippen LogP contribution in [0, 0.1) is 0 Å². The number of imidazole rings is 1. The first kappa shape index (κ1) is 17.6. The summed E-state index contributed by atoms with van der Waals surface area (Å²) in [7, 11) is 1.65. The van der Waals surface area contributed by atoms with E-state index in [-0.39, 0.29) is 0 Å². The fourth-order valence-corrected chi connectivity index (χ4v) is 3.49. The van der Waals surface area contributed by atoms with Crippen LogP contribution in [0.1, 0.15) is 5.56 Å². The van der Waals surface area contributed by atoms with Gasteiger partial charge in [-0.15, -0.1) is 0 Å². The highest BCUT2D eigenvalue weighted by molar-refractivity contribution is 7.08. The number of hydrogen-bond donors (Lipinski definition) is 1. The molecule has 0 atom stereocenters. The summed E-state index contributed by atoms with van der Waals surface area (Å²) in [6, 6.07) is 15.4. The van der Waals surface area contributed by atoms with Gasteiger partial charge < -0.3 is 14.5 Å². The van der Waals surface area contributed by atoms with E-state index in [4.69, 9.17) is 21.1 Å². The second-order valence-corrected chi connectivity index (χ2v) is 7.14. The highest BCUT2D eigenvalue weighted by Crippen LogP contribution is 2.34. The zero-order valence-corrected chi connectivity index (χ0v) is 16.2. The minimum Gasteiger partial charge on any atom is -0.496 e. The van der Waals surface area contributed by atoms with Crippen LogP contribution in [0.4, 0.5) is 0 Å². The molecule has 6 heteroatoms. The molecule has 0 aliphatic rings. The van der Waals surface area contributed by atoms with Crippen molar-refractivity contribution in [2.45, 2.75) is 6.61 Å². The van der Waals surface area contributed by atoms with Crippen molar-refractivity contribution in [2.24, 2.45) is 0 Å². The smallest absolute Gasteiger partial charge is 0.138 e. The molecule has 136 valence electrons. The molecule has 0 unspecified atom stereocenters. The molecule has 2 aromatic heterocycles. The lowest BCUT2D eigenvalue weighted by Crippen LogP contribution is -1.96. The summed E-state index contributed by atoms with van der Waals surface area (Å²) < 4.78 is 11.4. The maximum atomic E-state index is 5.91. The summed E-state index contributed by atoms with van der Waals surface area (Å²) in [6.07, 6.45) is 1.89. The number of aromatic amines is 1. The number of nitrogens with zero attached hydrogens (tertiary/aromatic N) is 1. The number of methoxy groups -OCH3 is 1. The lowest BCUT2D eigenvalue weighted by Gasteiger charge is -2.11. The molecule has 0 aliphatic heterocycles. The van der Waals surface area contributed by atoms with Crippen molar-refractivity contribution in [1.29, 1.82) is 0 Å². The van der Waals surface area contributed by atoms with E-state index in [1.54, 1.807) is 18.4 Å². The van der Waals surface area contributed by atoms with Gasteiger partial charge in [0.05, 0.1) is 12.8 Å². The largest absolute Gasteiger partial charge is 0.496 e. The number of ether oxygens (including phenoxy) is 2. The van der Waals surface area contributed by atoms with Gasteiger partial charge in [0.1, 0.15) is 23.9 Å². The van der Waals surface area contributed by atoms with Crippen LogP contribution in [0.3, 0.4) is 0 Å². The Hall–Kier alpha value is -2.76. The molecule has 4 aromatic rings. The van der Waals surface area contributed by atoms with Crippen molar-refractivity contribution in [1.82, 2.24) is 9.97 Å². The van der Waals surface area contributed by atoms with Gasteiger partial charge in [0.25, 0.3) is 0 Å². The van der Waals surface area contributed by atoms with Crippen LogP contribution < -0.4 is 9.47 Å². The van der Waals surface area contributed by atoms with Gasteiger partial charge in [0.2, 0.25) is 0 Å². The van der Waals surface area contributed by atoms with Crippen molar-refractivity contribution in [3.05, 3.63) is 76.1 Å². The minimum atomic E-state index is 0.463. The van der Waals surface area contributed by atoms with E-state index < -0.39 is 0 Å². The predicted molar refractivity (Wildman–Crippen MR) is 110 cm³/mol. The van der Waals surface area contributed by atoms with E-state index in [0.29, 0.717) is 17.4 Å². The molecular formula is C21H17ClN2O2S. The Morgan fingerprint density at radius 1 is 1.11 bits per heavy atom. The third kappa shape index (κ3) is 3.99. The Morgan fingerprint density at radius 2 is 1.96 bits per heavy atom. The number of rotatable bonds is 6.